The first kappa shape index (κ1) is 11.1. The molecule has 1 rings (SSSR count). The van der Waals surface area contributed by atoms with E-state index >= 15 is 0 Å². The molecule has 0 fully saturated rings. The Hall–Kier alpha value is -1.98. The number of hydrogen-bond acceptors (Lipinski definition) is 3. The molecule has 0 atom stereocenters. The second-order valence-electron chi connectivity index (χ2n) is 2.88. The van der Waals surface area contributed by atoms with Gasteiger partial charge in [-0.3, -0.25) is 15.3 Å². The van der Waals surface area contributed by atoms with Crippen LogP contribution in [0.25, 0.3) is 0 Å². The molecule has 15 heavy (non-hydrogen) atoms. The van der Waals surface area contributed by atoms with E-state index in [2.05, 4.69) is 4.99 Å². The minimum Gasteiger partial charge on any atom is -0.467 e. The van der Waals surface area contributed by atoms with Crippen molar-refractivity contribution in [2.45, 2.75) is 13.5 Å². The fourth-order valence-electron chi connectivity index (χ4n) is 1.10. The molecule has 1 aromatic heterocycles. The monoisotopic (exact) mass is 209 g/mol. The van der Waals surface area contributed by atoms with Gasteiger partial charge in [-0.1, -0.05) is 0 Å². The maximum atomic E-state index is 7.36. The van der Waals surface area contributed by atoms with Gasteiger partial charge in [0, 0.05) is 6.54 Å². The van der Waals surface area contributed by atoms with Crippen molar-refractivity contribution in [3.05, 3.63) is 24.2 Å². The molecule has 0 aliphatic heterocycles. The van der Waals surface area contributed by atoms with Crippen LogP contribution in [-0.2, 0) is 6.54 Å². The number of nitrogens with two attached hydrogens (primary N) is 2. The molecule has 6 heteroatoms. The zero-order chi connectivity index (χ0) is 11.3. The van der Waals surface area contributed by atoms with Crippen LogP contribution in [0.2, 0.25) is 0 Å². The summed E-state index contributed by atoms with van der Waals surface area (Å²) in [5.74, 6) is 0.752. The lowest BCUT2D eigenvalue weighted by Crippen LogP contribution is -2.45. The number of furan rings is 1. The largest absolute Gasteiger partial charge is 0.467 e. The Morgan fingerprint density at radius 1 is 1.60 bits per heavy atom. The third-order valence-electron chi connectivity index (χ3n) is 1.78. The Morgan fingerprint density at radius 3 is 2.80 bits per heavy atom. The van der Waals surface area contributed by atoms with Gasteiger partial charge in [0.05, 0.1) is 12.8 Å². The van der Waals surface area contributed by atoms with Crippen LogP contribution in [0.5, 0.6) is 0 Å². The van der Waals surface area contributed by atoms with Gasteiger partial charge in [0.15, 0.2) is 11.9 Å². The van der Waals surface area contributed by atoms with E-state index < -0.39 is 0 Å². The third-order valence-corrected chi connectivity index (χ3v) is 1.78. The number of rotatable bonds is 3. The molecule has 1 aromatic rings. The van der Waals surface area contributed by atoms with E-state index in [1.54, 1.807) is 18.4 Å². The molecule has 0 amide bonds. The molecule has 5 N–H and O–H groups in total. The fraction of sp³-hybridized carbons (Fsp3) is 0.333. The summed E-state index contributed by atoms with van der Waals surface area (Å²) in [4.78, 5) is 5.36. The van der Waals surface area contributed by atoms with Crippen molar-refractivity contribution in [2.24, 2.45) is 16.5 Å². The minimum atomic E-state index is -0.152. The molecule has 0 aliphatic rings. The Balaban J connectivity index is 2.75. The Labute approximate surface area is 88.1 Å². The van der Waals surface area contributed by atoms with E-state index in [9.17, 15) is 0 Å². The van der Waals surface area contributed by atoms with Gasteiger partial charge in [-0.25, -0.2) is 0 Å². The predicted molar refractivity (Wildman–Crippen MR) is 58.3 cm³/mol. The molecule has 82 valence electrons. The Bertz CT molecular complexity index is 343. The topological polar surface area (TPSA) is 105 Å². The van der Waals surface area contributed by atoms with Crippen molar-refractivity contribution in [2.75, 3.05) is 6.54 Å². The van der Waals surface area contributed by atoms with Crippen LogP contribution in [0, 0.1) is 5.41 Å². The van der Waals surface area contributed by atoms with Gasteiger partial charge in [0.25, 0.3) is 0 Å². The summed E-state index contributed by atoms with van der Waals surface area (Å²) in [6.07, 6.45) is 1.56. The van der Waals surface area contributed by atoms with Gasteiger partial charge in [-0.2, -0.15) is 0 Å². The molecule has 6 nitrogen and oxygen atoms in total. The summed E-state index contributed by atoms with van der Waals surface area (Å²) in [7, 11) is 0. The van der Waals surface area contributed by atoms with E-state index in [4.69, 9.17) is 21.3 Å². The normalized spacial score (nSPS) is 11.4. The molecular weight excluding hydrogens is 194 g/mol. The van der Waals surface area contributed by atoms with Crippen LogP contribution >= 0.6 is 0 Å². The lowest BCUT2D eigenvalue weighted by Gasteiger charge is -2.19. The van der Waals surface area contributed by atoms with Crippen molar-refractivity contribution in [3.63, 3.8) is 0 Å². The lowest BCUT2D eigenvalue weighted by atomic mass is 10.4. The van der Waals surface area contributed by atoms with Crippen molar-refractivity contribution in [1.82, 2.24) is 4.90 Å². The maximum absolute atomic E-state index is 7.36. The minimum absolute atomic E-state index is 0.152. The second-order valence-corrected chi connectivity index (χ2v) is 2.88. The van der Waals surface area contributed by atoms with Gasteiger partial charge < -0.3 is 15.9 Å². The summed E-state index contributed by atoms with van der Waals surface area (Å²) in [6, 6.07) is 3.55. The molecule has 0 aliphatic carbocycles. The van der Waals surface area contributed by atoms with Gasteiger partial charge in [-0.15, -0.1) is 0 Å². The molecule has 0 bridgehead atoms. The highest BCUT2D eigenvalue weighted by molar-refractivity contribution is 5.95. The van der Waals surface area contributed by atoms with Gasteiger partial charge in [-0.05, 0) is 19.1 Å². The zero-order valence-corrected chi connectivity index (χ0v) is 8.60. The summed E-state index contributed by atoms with van der Waals surface area (Å²) in [5, 5.41) is 7.36. The molecule has 0 radical (unpaired) electrons. The first-order valence-corrected chi connectivity index (χ1v) is 4.59. The van der Waals surface area contributed by atoms with Crippen LogP contribution in [0.15, 0.2) is 27.8 Å². The van der Waals surface area contributed by atoms with Gasteiger partial charge in [0.1, 0.15) is 5.76 Å². The molecule has 0 spiro atoms. The standard InChI is InChI=1S/C9H15N5O/c1-2-13-9(12)14(8(10)11)6-7-4-3-5-15-7/h3-5H,2,6H2,1H3,(H3,10,11)(H2,12,13). The average molecular weight is 209 g/mol. The van der Waals surface area contributed by atoms with Crippen molar-refractivity contribution >= 4 is 11.9 Å². The van der Waals surface area contributed by atoms with Crippen LogP contribution in [0.1, 0.15) is 12.7 Å². The highest BCUT2D eigenvalue weighted by Crippen LogP contribution is 2.04. The number of hydrogen-bond donors (Lipinski definition) is 3. The molecule has 0 unspecified atom stereocenters. The molecule has 0 saturated carbocycles. The average Bonchev–Trinajstić information content (AvgIpc) is 2.66. The third kappa shape index (κ3) is 3.01. The fourth-order valence-corrected chi connectivity index (χ4v) is 1.10. The quantitative estimate of drug-likeness (QED) is 0.492. The number of aliphatic imine (C=N–C) groups is 1. The highest BCUT2D eigenvalue weighted by Gasteiger charge is 2.12. The van der Waals surface area contributed by atoms with E-state index in [1.165, 1.54) is 4.90 Å². The molecule has 1 heterocycles. The maximum Gasteiger partial charge on any atom is 0.198 e. The Kier molecular flexibility index (Phi) is 3.73. The van der Waals surface area contributed by atoms with Crippen molar-refractivity contribution in [3.8, 4) is 0 Å². The van der Waals surface area contributed by atoms with Gasteiger partial charge >= 0.3 is 0 Å². The first-order chi connectivity index (χ1) is 7.15. The summed E-state index contributed by atoms with van der Waals surface area (Å²) < 4.78 is 5.14. The number of guanidine groups is 2. The van der Waals surface area contributed by atoms with E-state index in [0.717, 1.165) is 0 Å². The SMILES string of the molecule is CCN=C(N)N(Cc1ccco1)C(=N)N. The van der Waals surface area contributed by atoms with Crippen LogP contribution in [0.3, 0.4) is 0 Å². The second kappa shape index (κ2) is 5.04. The number of nitrogens with zero attached hydrogens (tertiary/aromatic N) is 2. The molecular formula is C9H15N5O. The van der Waals surface area contributed by atoms with E-state index in [-0.39, 0.29) is 11.9 Å². The summed E-state index contributed by atoms with van der Waals surface area (Å²) >= 11 is 0. The van der Waals surface area contributed by atoms with Crippen molar-refractivity contribution < 1.29 is 4.42 Å². The highest BCUT2D eigenvalue weighted by atomic mass is 16.3. The summed E-state index contributed by atoms with van der Waals surface area (Å²) in [5.41, 5.74) is 11.1. The number of nitrogens with one attached hydrogen (secondary N) is 1. The van der Waals surface area contributed by atoms with Crippen LogP contribution in [0.4, 0.5) is 0 Å². The van der Waals surface area contributed by atoms with Crippen LogP contribution in [-0.4, -0.2) is 23.4 Å². The zero-order valence-electron chi connectivity index (χ0n) is 8.60. The summed E-state index contributed by atoms with van der Waals surface area (Å²) in [6.45, 7) is 2.73. The predicted octanol–water partition coefficient (Wildman–Crippen LogP) is 0.310. The molecule has 0 saturated heterocycles. The lowest BCUT2D eigenvalue weighted by molar-refractivity contribution is 0.446. The van der Waals surface area contributed by atoms with Gasteiger partial charge in [0.2, 0.25) is 0 Å². The van der Waals surface area contributed by atoms with E-state index in [0.29, 0.717) is 18.8 Å². The molecule has 0 aromatic carbocycles. The van der Waals surface area contributed by atoms with E-state index in [1.807, 2.05) is 6.92 Å². The van der Waals surface area contributed by atoms with Crippen molar-refractivity contribution in [1.29, 1.82) is 5.41 Å². The van der Waals surface area contributed by atoms with Crippen LogP contribution < -0.4 is 11.5 Å². The Morgan fingerprint density at radius 2 is 2.33 bits per heavy atom. The smallest absolute Gasteiger partial charge is 0.198 e. The first-order valence-electron chi connectivity index (χ1n) is 4.59.